The number of amides is 1. The summed E-state index contributed by atoms with van der Waals surface area (Å²) in [5.74, 6) is 0.799. The Morgan fingerprint density at radius 3 is 2.53 bits per heavy atom. The van der Waals surface area contributed by atoms with Gasteiger partial charge in [-0.2, -0.15) is 0 Å². The van der Waals surface area contributed by atoms with Gasteiger partial charge in [-0.1, -0.05) is 26.7 Å². The lowest BCUT2D eigenvalue weighted by Gasteiger charge is -2.39. The van der Waals surface area contributed by atoms with Crippen LogP contribution in [0.1, 0.15) is 58.8 Å². The fourth-order valence-electron chi connectivity index (χ4n) is 2.84. The van der Waals surface area contributed by atoms with Gasteiger partial charge < -0.3 is 15.8 Å². The van der Waals surface area contributed by atoms with Crippen molar-refractivity contribution < 1.29 is 9.53 Å². The van der Waals surface area contributed by atoms with Crippen molar-refractivity contribution in [1.82, 2.24) is 5.32 Å². The summed E-state index contributed by atoms with van der Waals surface area (Å²) < 4.78 is 5.87. The zero-order chi connectivity index (χ0) is 14.1. The van der Waals surface area contributed by atoms with Crippen LogP contribution in [-0.2, 0) is 9.53 Å². The molecule has 0 radical (unpaired) electrons. The van der Waals surface area contributed by atoms with Gasteiger partial charge in [0.2, 0.25) is 5.91 Å². The van der Waals surface area contributed by atoms with Crippen molar-refractivity contribution in [3.8, 4) is 0 Å². The number of ether oxygens (including phenoxy) is 1. The minimum atomic E-state index is -0.256. The van der Waals surface area contributed by atoms with E-state index in [2.05, 4.69) is 12.2 Å². The van der Waals surface area contributed by atoms with Gasteiger partial charge in [-0.15, -0.1) is 0 Å². The summed E-state index contributed by atoms with van der Waals surface area (Å²) >= 11 is 0. The second-order valence-electron chi connectivity index (χ2n) is 5.76. The molecule has 0 unspecified atom stereocenters. The Balaban J connectivity index is 2.34. The molecule has 4 nitrogen and oxygen atoms in total. The van der Waals surface area contributed by atoms with Crippen LogP contribution in [0, 0.1) is 5.92 Å². The van der Waals surface area contributed by atoms with E-state index in [1.165, 1.54) is 25.7 Å². The molecule has 1 aliphatic carbocycles. The molecule has 0 aliphatic heterocycles. The summed E-state index contributed by atoms with van der Waals surface area (Å²) in [7, 11) is 0. The van der Waals surface area contributed by atoms with Crippen LogP contribution in [-0.4, -0.2) is 31.2 Å². The first-order valence-electron chi connectivity index (χ1n) is 7.76. The van der Waals surface area contributed by atoms with Crippen LogP contribution in [0.25, 0.3) is 0 Å². The minimum absolute atomic E-state index is 0.0228. The predicted molar refractivity (Wildman–Crippen MR) is 77.9 cm³/mol. The summed E-state index contributed by atoms with van der Waals surface area (Å²) in [6, 6.07) is 0. The van der Waals surface area contributed by atoms with E-state index in [4.69, 9.17) is 10.5 Å². The van der Waals surface area contributed by atoms with Crippen molar-refractivity contribution in [3.05, 3.63) is 0 Å². The Labute approximate surface area is 117 Å². The number of nitrogens with two attached hydrogens (primary N) is 1. The molecular formula is C15H30N2O2. The van der Waals surface area contributed by atoms with Crippen LogP contribution in [0.3, 0.4) is 0 Å². The first kappa shape index (κ1) is 16.4. The van der Waals surface area contributed by atoms with Gasteiger partial charge in [-0.05, 0) is 38.0 Å². The first-order chi connectivity index (χ1) is 9.15. The molecular weight excluding hydrogens is 240 g/mol. The molecule has 1 fully saturated rings. The van der Waals surface area contributed by atoms with Gasteiger partial charge in [0.05, 0.1) is 5.60 Å². The third-order valence-corrected chi connectivity index (χ3v) is 4.17. The zero-order valence-electron chi connectivity index (χ0n) is 12.5. The number of hydrogen-bond donors (Lipinski definition) is 2. The second kappa shape index (κ2) is 8.54. The highest BCUT2D eigenvalue weighted by Crippen LogP contribution is 2.36. The van der Waals surface area contributed by atoms with E-state index in [1.54, 1.807) is 0 Å². The number of carbonyl (C=O) groups excluding carboxylic acids is 1. The molecule has 1 rings (SSSR count). The number of carbonyl (C=O) groups is 1. The summed E-state index contributed by atoms with van der Waals surface area (Å²) in [5, 5.41) is 2.84. The minimum Gasteiger partial charge on any atom is -0.364 e. The summed E-state index contributed by atoms with van der Waals surface area (Å²) in [6.45, 7) is 5.66. The molecule has 1 amide bonds. The summed E-state index contributed by atoms with van der Waals surface area (Å²) in [4.78, 5) is 11.6. The molecule has 19 heavy (non-hydrogen) atoms. The van der Waals surface area contributed by atoms with Gasteiger partial charge in [0.15, 0.2) is 0 Å². The predicted octanol–water partition coefficient (Wildman–Crippen LogP) is 2.22. The summed E-state index contributed by atoms with van der Waals surface area (Å²) in [6.07, 6.45) is 7.86. The lowest BCUT2D eigenvalue weighted by atomic mass is 9.77. The quantitative estimate of drug-likeness (QED) is 0.711. The van der Waals surface area contributed by atoms with Gasteiger partial charge in [0.25, 0.3) is 0 Å². The molecule has 112 valence electrons. The first-order valence-corrected chi connectivity index (χ1v) is 7.76. The van der Waals surface area contributed by atoms with Crippen molar-refractivity contribution in [3.63, 3.8) is 0 Å². The average Bonchev–Trinajstić information content (AvgIpc) is 2.45. The number of rotatable bonds is 8. The molecule has 1 aliphatic rings. The normalized spacial score (nSPS) is 27.2. The van der Waals surface area contributed by atoms with E-state index in [1.807, 2.05) is 6.92 Å². The standard InChI is InChI=1S/C15H30N2O2/c1-3-5-13-6-8-15(12-16,9-7-13)19-11-14(18)17-10-4-2/h13H,3-12,16H2,1-2H3,(H,17,18). The topological polar surface area (TPSA) is 64.3 Å². The molecule has 0 atom stereocenters. The van der Waals surface area contributed by atoms with Crippen molar-refractivity contribution in [1.29, 1.82) is 0 Å². The van der Waals surface area contributed by atoms with Crippen molar-refractivity contribution >= 4 is 5.91 Å². The Kier molecular flexibility index (Phi) is 7.39. The van der Waals surface area contributed by atoms with E-state index in [0.29, 0.717) is 6.54 Å². The molecule has 0 saturated heterocycles. The van der Waals surface area contributed by atoms with Crippen molar-refractivity contribution in [2.24, 2.45) is 11.7 Å². The maximum atomic E-state index is 11.6. The highest BCUT2D eigenvalue weighted by molar-refractivity contribution is 5.77. The van der Waals surface area contributed by atoms with Crippen LogP contribution in [0.15, 0.2) is 0 Å². The Morgan fingerprint density at radius 2 is 2.00 bits per heavy atom. The highest BCUT2D eigenvalue weighted by Gasteiger charge is 2.35. The van der Waals surface area contributed by atoms with Crippen LogP contribution < -0.4 is 11.1 Å². The third kappa shape index (κ3) is 5.49. The zero-order valence-corrected chi connectivity index (χ0v) is 12.5. The van der Waals surface area contributed by atoms with Gasteiger partial charge >= 0.3 is 0 Å². The number of nitrogens with one attached hydrogen (secondary N) is 1. The highest BCUT2D eigenvalue weighted by atomic mass is 16.5. The van der Waals surface area contributed by atoms with E-state index in [-0.39, 0.29) is 18.1 Å². The lowest BCUT2D eigenvalue weighted by molar-refractivity contribution is -0.136. The lowest BCUT2D eigenvalue weighted by Crippen LogP contribution is -2.46. The second-order valence-corrected chi connectivity index (χ2v) is 5.76. The molecule has 0 spiro atoms. The largest absolute Gasteiger partial charge is 0.364 e. The molecule has 0 aromatic rings. The monoisotopic (exact) mass is 270 g/mol. The Bertz CT molecular complexity index is 261. The van der Waals surface area contributed by atoms with E-state index >= 15 is 0 Å². The molecule has 1 saturated carbocycles. The van der Waals surface area contributed by atoms with E-state index < -0.39 is 0 Å². The average molecular weight is 270 g/mol. The molecule has 0 heterocycles. The molecule has 0 aromatic carbocycles. The Hall–Kier alpha value is -0.610. The Morgan fingerprint density at radius 1 is 1.32 bits per heavy atom. The maximum Gasteiger partial charge on any atom is 0.246 e. The molecule has 0 bridgehead atoms. The number of hydrogen-bond acceptors (Lipinski definition) is 3. The van der Waals surface area contributed by atoms with Gasteiger partial charge in [0.1, 0.15) is 6.61 Å². The van der Waals surface area contributed by atoms with Crippen molar-refractivity contribution in [2.75, 3.05) is 19.7 Å². The molecule has 4 heteroatoms. The van der Waals surface area contributed by atoms with Gasteiger partial charge in [-0.25, -0.2) is 0 Å². The van der Waals surface area contributed by atoms with Crippen LogP contribution in [0.4, 0.5) is 0 Å². The van der Waals surface area contributed by atoms with Crippen molar-refractivity contribution in [2.45, 2.75) is 64.4 Å². The van der Waals surface area contributed by atoms with Crippen LogP contribution in [0.5, 0.6) is 0 Å². The van der Waals surface area contributed by atoms with Gasteiger partial charge in [0, 0.05) is 13.1 Å². The van der Waals surface area contributed by atoms with Gasteiger partial charge in [-0.3, -0.25) is 4.79 Å². The SMILES string of the molecule is CCCNC(=O)COC1(CN)CCC(CCC)CC1. The van der Waals surface area contributed by atoms with E-state index in [0.717, 1.165) is 31.7 Å². The summed E-state index contributed by atoms with van der Waals surface area (Å²) in [5.41, 5.74) is 5.63. The molecule has 0 aromatic heterocycles. The fraction of sp³-hybridized carbons (Fsp3) is 0.933. The third-order valence-electron chi connectivity index (χ3n) is 4.17. The maximum absolute atomic E-state index is 11.6. The van der Waals surface area contributed by atoms with Crippen LogP contribution in [0.2, 0.25) is 0 Å². The smallest absolute Gasteiger partial charge is 0.246 e. The van der Waals surface area contributed by atoms with E-state index in [9.17, 15) is 4.79 Å². The van der Waals surface area contributed by atoms with Crippen LogP contribution >= 0.6 is 0 Å². The fourth-order valence-corrected chi connectivity index (χ4v) is 2.84. The molecule has 3 N–H and O–H groups in total.